The number of aromatic nitrogens is 2. The Morgan fingerprint density at radius 3 is 2.78 bits per heavy atom. The van der Waals surface area contributed by atoms with Crippen LogP contribution in [0, 0.1) is 0 Å². The van der Waals surface area contributed by atoms with Crippen LogP contribution in [0.3, 0.4) is 0 Å². The van der Waals surface area contributed by atoms with Gasteiger partial charge in [-0.05, 0) is 43.8 Å². The van der Waals surface area contributed by atoms with Crippen LogP contribution in [0.1, 0.15) is 24.2 Å². The summed E-state index contributed by atoms with van der Waals surface area (Å²) in [7, 11) is 1.90. The van der Waals surface area contributed by atoms with Crippen LogP contribution < -0.4 is 5.32 Å². The Morgan fingerprint density at radius 1 is 1.33 bits per heavy atom. The third-order valence-electron chi connectivity index (χ3n) is 2.90. The summed E-state index contributed by atoms with van der Waals surface area (Å²) in [6, 6.07) is 7.46. The molecule has 0 bridgehead atoms. The highest BCUT2D eigenvalue weighted by Gasteiger charge is 2.19. The molecule has 1 aromatic carbocycles. The van der Waals surface area contributed by atoms with Gasteiger partial charge in [-0.3, -0.25) is 4.68 Å². The quantitative estimate of drug-likeness (QED) is 0.931. The number of hydrogen-bond acceptors (Lipinski definition) is 2. The average Bonchev–Trinajstić information content (AvgIpc) is 2.83. The lowest BCUT2D eigenvalue weighted by Gasteiger charge is -2.19. The highest BCUT2D eigenvalue weighted by Crippen LogP contribution is 2.30. The van der Waals surface area contributed by atoms with Crippen molar-refractivity contribution in [3.8, 4) is 0 Å². The van der Waals surface area contributed by atoms with E-state index in [4.69, 9.17) is 23.2 Å². The maximum absolute atomic E-state index is 6.25. The minimum absolute atomic E-state index is 0.0151. The molecule has 2 rings (SSSR count). The summed E-state index contributed by atoms with van der Waals surface area (Å²) in [5.74, 6) is 0. The summed E-state index contributed by atoms with van der Waals surface area (Å²) in [5.41, 5.74) is 2.03. The third kappa shape index (κ3) is 2.53. The van der Waals surface area contributed by atoms with Crippen molar-refractivity contribution >= 4 is 23.2 Å². The maximum atomic E-state index is 6.25. The second-order valence-electron chi connectivity index (χ2n) is 3.96. The monoisotopic (exact) mass is 283 g/mol. The molecule has 0 aliphatic carbocycles. The first-order chi connectivity index (χ1) is 8.67. The summed E-state index contributed by atoms with van der Waals surface area (Å²) in [5, 5.41) is 8.92. The van der Waals surface area contributed by atoms with Crippen LogP contribution >= 0.6 is 23.2 Å². The molecule has 1 N–H and O–H groups in total. The van der Waals surface area contributed by atoms with Gasteiger partial charge in [0.15, 0.2) is 0 Å². The van der Waals surface area contributed by atoms with E-state index in [1.807, 2.05) is 29.9 Å². The lowest BCUT2D eigenvalue weighted by molar-refractivity contribution is 0.563. The van der Waals surface area contributed by atoms with Crippen molar-refractivity contribution in [2.45, 2.75) is 19.5 Å². The van der Waals surface area contributed by atoms with Gasteiger partial charge >= 0.3 is 0 Å². The molecular formula is C13H15Cl2N3. The van der Waals surface area contributed by atoms with Crippen molar-refractivity contribution in [1.82, 2.24) is 15.1 Å². The van der Waals surface area contributed by atoms with Crippen LogP contribution in [-0.4, -0.2) is 16.8 Å². The molecule has 0 spiro atoms. The van der Waals surface area contributed by atoms with Gasteiger partial charge in [-0.25, -0.2) is 0 Å². The Hall–Kier alpha value is -1.03. The molecule has 0 radical (unpaired) electrons. The summed E-state index contributed by atoms with van der Waals surface area (Å²) in [4.78, 5) is 0. The molecule has 1 aromatic heterocycles. The van der Waals surface area contributed by atoms with E-state index < -0.39 is 0 Å². The lowest BCUT2D eigenvalue weighted by atomic mass is 10.0. The van der Waals surface area contributed by atoms with Gasteiger partial charge in [-0.1, -0.05) is 23.2 Å². The zero-order chi connectivity index (χ0) is 13.1. The third-order valence-corrected chi connectivity index (χ3v) is 3.48. The van der Waals surface area contributed by atoms with E-state index in [1.165, 1.54) is 0 Å². The topological polar surface area (TPSA) is 29.9 Å². The SMILES string of the molecule is CCn1nccc1C(NC)c1cc(Cl)ccc1Cl. The second-order valence-corrected chi connectivity index (χ2v) is 4.80. The van der Waals surface area contributed by atoms with Crippen molar-refractivity contribution in [3.05, 3.63) is 51.8 Å². The van der Waals surface area contributed by atoms with E-state index in [0.29, 0.717) is 10.0 Å². The normalized spacial score (nSPS) is 12.7. The maximum Gasteiger partial charge on any atom is 0.0760 e. The lowest BCUT2D eigenvalue weighted by Crippen LogP contribution is -2.21. The largest absolute Gasteiger partial charge is 0.308 e. The van der Waals surface area contributed by atoms with Gasteiger partial charge in [0, 0.05) is 22.8 Å². The van der Waals surface area contributed by atoms with Crippen LogP contribution in [0.15, 0.2) is 30.5 Å². The number of nitrogens with zero attached hydrogens (tertiary/aromatic N) is 2. The van der Waals surface area contributed by atoms with E-state index in [-0.39, 0.29) is 6.04 Å². The predicted octanol–water partition coefficient (Wildman–Crippen LogP) is 3.52. The molecule has 0 saturated carbocycles. The number of aryl methyl sites for hydroxylation is 1. The van der Waals surface area contributed by atoms with Crippen molar-refractivity contribution in [2.75, 3.05) is 7.05 Å². The Labute approximate surface area is 117 Å². The van der Waals surface area contributed by atoms with Crippen molar-refractivity contribution in [2.24, 2.45) is 0 Å². The molecule has 1 heterocycles. The smallest absolute Gasteiger partial charge is 0.0760 e. The number of halogens is 2. The van der Waals surface area contributed by atoms with Gasteiger partial charge in [-0.15, -0.1) is 0 Å². The number of rotatable bonds is 4. The average molecular weight is 284 g/mol. The minimum atomic E-state index is -0.0151. The number of benzene rings is 1. The molecule has 3 nitrogen and oxygen atoms in total. The predicted molar refractivity (Wildman–Crippen MR) is 75.3 cm³/mol. The van der Waals surface area contributed by atoms with E-state index >= 15 is 0 Å². The van der Waals surface area contributed by atoms with Crippen LogP contribution in [-0.2, 0) is 6.54 Å². The van der Waals surface area contributed by atoms with Gasteiger partial charge in [0.1, 0.15) is 0 Å². The summed E-state index contributed by atoms with van der Waals surface area (Å²) >= 11 is 12.3. The van der Waals surface area contributed by atoms with Crippen molar-refractivity contribution < 1.29 is 0 Å². The molecular weight excluding hydrogens is 269 g/mol. The van der Waals surface area contributed by atoms with E-state index in [2.05, 4.69) is 17.3 Å². The fraction of sp³-hybridized carbons (Fsp3) is 0.308. The molecule has 1 atom stereocenters. The van der Waals surface area contributed by atoms with Gasteiger partial charge in [0.25, 0.3) is 0 Å². The molecule has 1 unspecified atom stereocenters. The van der Waals surface area contributed by atoms with E-state index in [9.17, 15) is 0 Å². The summed E-state index contributed by atoms with van der Waals surface area (Å²) < 4.78 is 1.94. The molecule has 18 heavy (non-hydrogen) atoms. The van der Waals surface area contributed by atoms with Gasteiger partial charge in [-0.2, -0.15) is 5.10 Å². The van der Waals surface area contributed by atoms with Crippen LogP contribution in [0.25, 0.3) is 0 Å². The fourth-order valence-corrected chi connectivity index (χ4v) is 2.46. The number of hydrogen-bond donors (Lipinski definition) is 1. The Balaban J connectivity index is 2.48. The molecule has 0 amide bonds. The Kier molecular flexibility index (Phi) is 4.27. The van der Waals surface area contributed by atoms with Crippen molar-refractivity contribution in [1.29, 1.82) is 0 Å². The zero-order valence-electron chi connectivity index (χ0n) is 10.3. The first-order valence-corrected chi connectivity index (χ1v) is 6.57. The van der Waals surface area contributed by atoms with Gasteiger partial charge < -0.3 is 5.32 Å². The van der Waals surface area contributed by atoms with Crippen LogP contribution in [0.4, 0.5) is 0 Å². The van der Waals surface area contributed by atoms with Gasteiger partial charge in [0.05, 0.1) is 11.7 Å². The van der Waals surface area contributed by atoms with Crippen LogP contribution in [0.2, 0.25) is 10.0 Å². The highest BCUT2D eigenvalue weighted by molar-refractivity contribution is 6.33. The Morgan fingerprint density at radius 2 is 2.11 bits per heavy atom. The van der Waals surface area contributed by atoms with Gasteiger partial charge in [0.2, 0.25) is 0 Å². The standard InChI is InChI=1S/C13H15Cl2N3/c1-3-18-12(6-7-17-18)13(16-2)10-8-9(14)4-5-11(10)15/h4-8,13,16H,3H2,1-2H3. The first-order valence-electron chi connectivity index (χ1n) is 5.81. The molecule has 96 valence electrons. The number of nitrogens with one attached hydrogen (secondary N) is 1. The molecule has 5 heteroatoms. The Bertz CT molecular complexity index is 537. The van der Waals surface area contributed by atoms with E-state index in [1.54, 1.807) is 12.3 Å². The molecule has 0 aliphatic heterocycles. The minimum Gasteiger partial charge on any atom is -0.308 e. The zero-order valence-corrected chi connectivity index (χ0v) is 11.8. The summed E-state index contributed by atoms with van der Waals surface area (Å²) in [6.45, 7) is 2.88. The van der Waals surface area contributed by atoms with Crippen molar-refractivity contribution in [3.63, 3.8) is 0 Å². The molecule has 0 aliphatic rings. The molecule has 0 saturated heterocycles. The summed E-state index contributed by atoms with van der Waals surface area (Å²) in [6.07, 6.45) is 1.79. The molecule has 2 aromatic rings. The second kappa shape index (κ2) is 5.74. The fourth-order valence-electron chi connectivity index (χ4n) is 2.05. The van der Waals surface area contributed by atoms with Crippen LogP contribution in [0.5, 0.6) is 0 Å². The molecule has 0 fully saturated rings. The van der Waals surface area contributed by atoms with E-state index in [0.717, 1.165) is 17.8 Å². The highest BCUT2D eigenvalue weighted by atomic mass is 35.5. The first kappa shape index (κ1) is 13.4.